The van der Waals surface area contributed by atoms with E-state index < -0.39 is 6.10 Å². The molecule has 2 aromatic rings. The van der Waals surface area contributed by atoms with Gasteiger partial charge in [-0.2, -0.15) is 5.10 Å². The summed E-state index contributed by atoms with van der Waals surface area (Å²) < 4.78 is 21.2. The van der Waals surface area contributed by atoms with Crippen LogP contribution in [0.2, 0.25) is 0 Å². The van der Waals surface area contributed by atoms with Crippen LogP contribution in [-0.2, 0) is 9.53 Å². The number of carbonyl (C=O) groups excluding carboxylic acids is 1. The maximum absolute atomic E-state index is 12.3. The highest BCUT2D eigenvalue weighted by atomic mass is 16.5. The van der Waals surface area contributed by atoms with Crippen molar-refractivity contribution in [3.63, 3.8) is 0 Å². The molecule has 7 heteroatoms. The first-order chi connectivity index (χ1) is 12.7. The van der Waals surface area contributed by atoms with Crippen molar-refractivity contribution in [2.24, 2.45) is 5.10 Å². The lowest BCUT2D eigenvalue weighted by atomic mass is 10.1. The Labute approximate surface area is 152 Å². The summed E-state index contributed by atoms with van der Waals surface area (Å²) in [5.41, 5.74) is 3.84. The second-order valence-corrected chi connectivity index (χ2v) is 5.18. The summed E-state index contributed by atoms with van der Waals surface area (Å²) in [5.74, 6) is 1.06. The maximum atomic E-state index is 12.3. The van der Waals surface area contributed by atoms with Gasteiger partial charge in [0.25, 0.3) is 5.91 Å². The van der Waals surface area contributed by atoms with Crippen LogP contribution in [0.1, 0.15) is 17.2 Å². The van der Waals surface area contributed by atoms with Gasteiger partial charge in [0, 0.05) is 12.7 Å². The molecule has 0 aliphatic rings. The number of carbonyl (C=O) groups is 1. The number of rotatable bonds is 8. The Morgan fingerprint density at radius 3 is 2.23 bits per heavy atom. The van der Waals surface area contributed by atoms with Crippen molar-refractivity contribution in [3.8, 4) is 17.2 Å². The number of nitrogens with zero attached hydrogens (tertiary/aromatic N) is 1. The summed E-state index contributed by atoms with van der Waals surface area (Å²) in [5, 5.41) is 3.99. The number of hydrazone groups is 1. The fraction of sp³-hybridized carbons (Fsp3) is 0.263. The van der Waals surface area contributed by atoms with Crippen LogP contribution in [0.5, 0.6) is 17.2 Å². The average molecular weight is 358 g/mol. The van der Waals surface area contributed by atoms with E-state index in [9.17, 15) is 4.79 Å². The first-order valence-electron chi connectivity index (χ1n) is 7.85. The van der Waals surface area contributed by atoms with E-state index in [0.29, 0.717) is 22.8 Å². The number of methoxy groups -OCH3 is 4. The first kappa shape index (κ1) is 19.3. The van der Waals surface area contributed by atoms with Gasteiger partial charge in [-0.25, -0.2) is 5.43 Å². The largest absolute Gasteiger partial charge is 0.493 e. The predicted octanol–water partition coefficient (Wildman–Crippen LogP) is 2.55. The molecule has 0 saturated carbocycles. The van der Waals surface area contributed by atoms with Crippen molar-refractivity contribution in [3.05, 3.63) is 53.6 Å². The van der Waals surface area contributed by atoms with Gasteiger partial charge < -0.3 is 18.9 Å². The van der Waals surface area contributed by atoms with E-state index in [0.717, 1.165) is 5.56 Å². The Kier molecular flexibility index (Phi) is 6.99. The number of hydrogen-bond donors (Lipinski definition) is 1. The van der Waals surface area contributed by atoms with E-state index >= 15 is 0 Å². The Morgan fingerprint density at radius 1 is 0.962 bits per heavy atom. The van der Waals surface area contributed by atoms with Crippen LogP contribution in [-0.4, -0.2) is 40.6 Å². The molecular weight excluding hydrogens is 336 g/mol. The summed E-state index contributed by atoms with van der Waals surface area (Å²) in [4.78, 5) is 12.3. The minimum atomic E-state index is -0.749. The van der Waals surface area contributed by atoms with Crippen LogP contribution >= 0.6 is 0 Å². The van der Waals surface area contributed by atoms with Gasteiger partial charge >= 0.3 is 0 Å². The van der Waals surface area contributed by atoms with Gasteiger partial charge in [-0.05, 0) is 17.7 Å². The summed E-state index contributed by atoms with van der Waals surface area (Å²) in [6.07, 6.45) is 0.719. The van der Waals surface area contributed by atoms with Crippen LogP contribution in [0.15, 0.2) is 47.6 Å². The highest BCUT2D eigenvalue weighted by Gasteiger charge is 2.19. The van der Waals surface area contributed by atoms with Crippen molar-refractivity contribution in [1.82, 2.24) is 5.43 Å². The van der Waals surface area contributed by atoms with Crippen molar-refractivity contribution in [2.45, 2.75) is 6.10 Å². The van der Waals surface area contributed by atoms with Gasteiger partial charge in [0.2, 0.25) is 5.75 Å². The quantitative estimate of drug-likeness (QED) is 0.580. The highest BCUT2D eigenvalue weighted by Crippen LogP contribution is 2.38. The maximum Gasteiger partial charge on any atom is 0.273 e. The lowest BCUT2D eigenvalue weighted by molar-refractivity contribution is -0.131. The molecule has 138 valence electrons. The third kappa shape index (κ3) is 4.31. The molecule has 1 atom stereocenters. The number of hydrogen-bond acceptors (Lipinski definition) is 6. The smallest absolute Gasteiger partial charge is 0.273 e. The molecule has 2 rings (SSSR count). The Balaban J connectivity index is 2.16. The number of benzene rings is 2. The van der Waals surface area contributed by atoms with Gasteiger partial charge in [0.05, 0.1) is 27.5 Å². The third-order valence-corrected chi connectivity index (χ3v) is 3.69. The lowest BCUT2D eigenvalue weighted by Gasteiger charge is -2.14. The predicted molar refractivity (Wildman–Crippen MR) is 98.0 cm³/mol. The van der Waals surface area contributed by atoms with Crippen LogP contribution in [0.3, 0.4) is 0 Å². The molecular formula is C19H22N2O5. The number of nitrogens with one attached hydrogen (secondary N) is 1. The van der Waals surface area contributed by atoms with Crippen molar-refractivity contribution < 1.29 is 23.7 Å². The van der Waals surface area contributed by atoms with Crippen LogP contribution in [0.25, 0.3) is 0 Å². The Morgan fingerprint density at radius 2 is 1.65 bits per heavy atom. The molecule has 1 N–H and O–H groups in total. The van der Waals surface area contributed by atoms with Crippen LogP contribution in [0.4, 0.5) is 0 Å². The van der Waals surface area contributed by atoms with Crippen molar-refractivity contribution >= 4 is 12.1 Å². The van der Waals surface area contributed by atoms with E-state index in [4.69, 9.17) is 18.9 Å². The fourth-order valence-corrected chi connectivity index (χ4v) is 2.47. The monoisotopic (exact) mass is 358 g/mol. The standard InChI is InChI=1S/C19H22N2O5/c1-23-15-11-10-14(16(24-2)18(15)26-4)12-20-21-19(22)17(25-3)13-8-6-5-7-9-13/h5-12,17H,1-4H3,(H,21,22)/b20-12-/t17-/m0/s1. The molecule has 7 nitrogen and oxygen atoms in total. The Hall–Kier alpha value is -3.06. The molecule has 0 aromatic heterocycles. The summed E-state index contributed by atoms with van der Waals surface area (Å²) in [6.45, 7) is 0. The summed E-state index contributed by atoms with van der Waals surface area (Å²) in [7, 11) is 6.05. The molecule has 1 amide bonds. The lowest BCUT2D eigenvalue weighted by Crippen LogP contribution is -2.26. The van der Waals surface area contributed by atoms with Gasteiger partial charge in [0.1, 0.15) is 0 Å². The van der Waals surface area contributed by atoms with E-state index in [1.165, 1.54) is 27.5 Å². The van der Waals surface area contributed by atoms with Crippen molar-refractivity contribution in [1.29, 1.82) is 0 Å². The van der Waals surface area contributed by atoms with Gasteiger partial charge in [-0.15, -0.1) is 0 Å². The number of amides is 1. The molecule has 0 fully saturated rings. The molecule has 0 saturated heterocycles. The zero-order valence-electron chi connectivity index (χ0n) is 15.2. The first-order valence-corrected chi connectivity index (χ1v) is 7.85. The van der Waals surface area contributed by atoms with E-state index in [2.05, 4.69) is 10.5 Å². The van der Waals surface area contributed by atoms with E-state index in [1.807, 2.05) is 30.3 Å². The zero-order valence-corrected chi connectivity index (χ0v) is 15.2. The molecule has 0 aliphatic heterocycles. The SMILES string of the molecule is COc1ccc(/C=N\NC(=O)[C@@H](OC)c2ccccc2)c(OC)c1OC. The molecule has 2 aromatic carbocycles. The molecule has 0 spiro atoms. The van der Waals surface area contributed by atoms with Crippen molar-refractivity contribution in [2.75, 3.05) is 28.4 Å². The fourth-order valence-electron chi connectivity index (χ4n) is 2.47. The third-order valence-electron chi connectivity index (χ3n) is 3.69. The van der Waals surface area contributed by atoms with Gasteiger partial charge in [0.15, 0.2) is 17.6 Å². The van der Waals surface area contributed by atoms with E-state index in [1.54, 1.807) is 19.2 Å². The number of ether oxygens (including phenoxy) is 4. The van der Waals surface area contributed by atoms with Gasteiger partial charge in [-0.1, -0.05) is 30.3 Å². The molecule has 0 aliphatic carbocycles. The molecule has 0 bridgehead atoms. The molecule has 26 heavy (non-hydrogen) atoms. The van der Waals surface area contributed by atoms with Crippen LogP contribution < -0.4 is 19.6 Å². The summed E-state index contributed by atoms with van der Waals surface area (Å²) >= 11 is 0. The zero-order chi connectivity index (χ0) is 18.9. The highest BCUT2D eigenvalue weighted by molar-refractivity contribution is 5.88. The Bertz CT molecular complexity index is 762. The second-order valence-electron chi connectivity index (χ2n) is 5.18. The molecule has 0 radical (unpaired) electrons. The average Bonchev–Trinajstić information content (AvgIpc) is 2.68. The summed E-state index contributed by atoms with van der Waals surface area (Å²) in [6, 6.07) is 12.7. The van der Waals surface area contributed by atoms with Gasteiger partial charge in [-0.3, -0.25) is 4.79 Å². The van der Waals surface area contributed by atoms with E-state index in [-0.39, 0.29) is 5.91 Å². The second kappa shape index (κ2) is 9.43. The molecule has 0 unspecified atom stereocenters. The normalized spacial score (nSPS) is 11.8. The minimum absolute atomic E-state index is 0.380. The minimum Gasteiger partial charge on any atom is -0.493 e. The van der Waals surface area contributed by atoms with Crippen LogP contribution in [0, 0.1) is 0 Å². The topological polar surface area (TPSA) is 78.4 Å². The molecule has 0 heterocycles.